The standard InChI is InChI=1S/C41H66BrN3O8/c1-24(2)25(3)37(5)16-17-39(7)27-12-13-31-38(6)22-51-23-41(31,28(27)14-15-40(39,8)32(37)34(47)48)21-30(52-26(4)46)33(38)53-35(49)29(43)11-9-10-19-44-36(50)45-20-18-42/h14,24-25,27,29-33H,9-13,15-23,43H2,1-8H3,(H,47,48)(H2,44,45,50)/t25-,27+,29?,30-,31+,32-,33+,37-,38-,39-,40+,41-/m1/s1. The highest BCUT2D eigenvalue weighted by atomic mass is 79.9. The topological polar surface area (TPSA) is 166 Å². The van der Waals surface area contributed by atoms with E-state index >= 15 is 0 Å². The van der Waals surface area contributed by atoms with Crippen molar-refractivity contribution in [3.8, 4) is 0 Å². The molecule has 1 aliphatic heterocycles. The van der Waals surface area contributed by atoms with Crippen molar-refractivity contribution in [3.63, 3.8) is 0 Å². The number of aliphatic carboxylic acids is 1. The average Bonchev–Trinajstić information content (AvgIpc) is 3.08. The summed E-state index contributed by atoms with van der Waals surface area (Å²) in [6, 6.07) is -1.09. The van der Waals surface area contributed by atoms with E-state index in [1.807, 2.05) is 0 Å². The smallest absolute Gasteiger partial charge is 0.323 e. The minimum absolute atomic E-state index is 0.117. The zero-order valence-corrected chi connectivity index (χ0v) is 34.9. The fraction of sp³-hybridized carbons (Fsp3) is 0.854. The summed E-state index contributed by atoms with van der Waals surface area (Å²) >= 11 is 3.28. The summed E-state index contributed by atoms with van der Waals surface area (Å²) in [5.41, 5.74) is 5.64. The lowest BCUT2D eigenvalue weighted by Crippen LogP contribution is -2.70. The molecule has 2 bridgehead atoms. The summed E-state index contributed by atoms with van der Waals surface area (Å²) in [6.45, 7) is 18.9. The Morgan fingerprint density at radius 1 is 1.00 bits per heavy atom. The van der Waals surface area contributed by atoms with Crippen molar-refractivity contribution in [3.05, 3.63) is 11.6 Å². The van der Waals surface area contributed by atoms with Gasteiger partial charge < -0.3 is 35.7 Å². The minimum Gasteiger partial charge on any atom is -0.481 e. The first kappa shape index (κ1) is 42.0. The maximum atomic E-state index is 13.6. The molecule has 3 saturated carbocycles. The summed E-state index contributed by atoms with van der Waals surface area (Å²) < 4.78 is 18.9. The zero-order chi connectivity index (χ0) is 39.1. The first-order valence-electron chi connectivity index (χ1n) is 20.0. The molecule has 12 heteroatoms. The van der Waals surface area contributed by atoms with Crippen molar-refractivity contribution in [2.24, 2.45) is 62.4 Å². The number of alkyl halides is 1. The van der Waals surface area contributed by atoms with Gasteiger partial charge in [0.1, 0.15) is 18.2 Å². The highest BCUT2D eigenvalue weighted by molar-refractivity contribution is 9.09. The number of ether oxygens (including phenoxy) is 3. The van der Waals surface area contributed by atoms with E-state index in [0.717, 1.165) is 25.7 Å². The fourth-order valence-corrected chi connectivity index (χ4v) is 12.5. The van der Waals surface area contributed by atoms with Gasteiger partial charge in [0.25, 0.3) is 0 Å². The van der Waals surface area contributed by atoms with Crippen molar-refractivity contribution >= 4 is 39.9 Å². The largest absolute Gasteiger partial charge is 0.481 e. The third-order valence-corrected chi connectivity index (χ3v) is 15.9. The van der Waals surface area contributed by atoms with E-state index in [0.29, 0.717) is 69.7 Å². The van der Waals surface area contributed by atoms with Gasteiger partial charge in [0.15, 0.2) is 0 Å². The molecule has 11 nitrogen and oxygen atoms in total. The Morgan fingerprint density at radius 3 is 2.34 bits per heavy atom. The lowest BCUT2D eigenvalue weighted by molar-refractivity contribution is -0.263. The van der Waals surface area contributed by atoms with Gasteiger partial charge in [-0.25, -0.2) is 4.79 Å². The Bertz CT molecular complexity index is 1440. The molecule has 2 amide bonds. The van der Waals surface area contributed by atoms with Crippen LogP contribution in [0.15, 0.2) is 11.6 Å². The van der Waals surface area contributed by atoms with Crippen LogP contribution in [0.5, 0.6) is 0 Å². The van der Waals surface area contributed by atoms with Crippen molar-refractivity contribution in [2.75, 3.05) is 31.6 Å². The highest BCUT2D eigenvalue weighted by Crippen LogP contribution is 2.75. The van der Waals surface area contributed by atoms with Crippen LogP contribution in [0.1, 0.15) is 113 Å². The van der Waals surface area contributed by atoms with Crippen LogP contribution in [0.4, 0.5) is 4.79 Å². The van der Waals surface area contributed by atoms with Gasteiger partial charge in [0.05, 0.1) is 19.1 Å². The second-order valence-corrected chi connectivity index (χ2v) is 19.3. The fourth-order valence-electron chi connectivity index (χ4n) is 12.3. The highest BCUT2D eigenvalue weighted by Gasteiger charge is 2.72. The number of unbranched alkanes of at least 4 members (excludes halogenated alkanes) is 1. The monoisotopic (exact) mass is 807 g/mol. The number of rotatable bonds is 13. The van der Waals surface area contributed by atoms with E-state index in [9.17, 15) is 24.3 Å². The summed E-state index contributed by atoms with van der Waals surface area (Å²) in [5.74, 6) is -1.21. The number of urea groups is 1. The van der Waals surface area contributed by atoms with Crippen LogP contribution in [-0.4, -0.2) is 78.9 Å². The number of carboxylic acids is 1. The van der Waals surface area contributed by atoms with Crippen LogP contribution < -0.4 is 16.4 Å². The molecule has 0 radical (unpaired) electrons. The number of carboxylic acid groups (broad SMARTS) is 1. The molecule has 4 aliphatic carbocycles. The van der Waals surface area contributed by atoms with Crippen LogP contribution >= 0.6 is 15.9 Å². The predicted molar refractivity (Wildman–Crippen MR) is 206 cm³/mol. The summed E-state index contributed by atoms with van der Waals surface area (Å²) in [5, 5.41) is 17.2. The van der Waals surface area contributed by atoms with Gasteiger partial charge in [-0.2, -0.15) is 0 Å². The number of hydrogen-bond donors (Lipinski definition) is 4. The lowest BCUT2D eigenvalue weighted by Gasteiger charge is -2.71. The molecule has 0 aromatic rings. The van der Waals surface area contributed by atoms with E-state index in [2.05, 4.69) is 81.1 Å². The predicted octanol–water partition coefficient (Wildman–Crippen LogP) is 6.61. The number of nitrogens with one attached hydrogen (secondary N) is 2. The maximum Gasteiger partial charge on any atom is 0.323 e. The Balaban J connectivity index is 1.40. The molecule has 1 heterocycles. The Kier molecular flexibility index (Phi) is 12.5. The van der Waals surface area contributed by atoms with Crippen molar-refractivity contribution in [1.82, 2.24) is 10.6 Å². The normalized spacial score (nSPS) is 40.0. The Morgan fingerprint density at radius 2 is 1.70 bits per heavy atom. The number of carbonyl (C=O) groups excluding carboxylic acids is 3. The molecule has 5 rings (SSSR count). The average molecular weight is 809 g/mol. The molecule has 0 aromatic carbocycles. The molecular formula is C41H66BrN3O8. The zero-order valence-electron chi connectivity index (χ0n) is 33.4. The van der Waals surface area contributed by atoms with Gasteiger partial charge in [-0.05, 0) is 97.7 Å². The molecule has 53 heavy (non-hydrogen) atoms. The molecule has 300 valence electrons. The number of hydrogen-bond acceptors (Lipinski definition) is 8. The molecule has 4 fully saturated rings. The van der Waals surface area contributed by atoms with Crippen LogP contribution in [0.3, 0.4) is 0 Å². The number of nitrogens with two attached hydrogens (primary N) is 1. The molecule has 1 saturated heterocycles. The number of esters is 2. The summed E-state index contributed by atoms with van der Waals surface area (Å²) in [6.07, 6.45) is 7.41. The number of halogens is 1. The van der Waals surface area contributed by atoms with Gasteiger partial charge in [0, 0.05) is 36.2 Å². The Labute approximate surface area is 325 Å². The van der Waals surface area contributed by atoms with Gasteiger partial charge in [-0.3, -0.25) is 14.4 Å². The van der Waals surface area contributed by atoms with Crippen molar-refractivity contribution in [2.45, 2.75) is 131 Å². The van der Waals surface area contributed by atoms with E-state index in [1.54, 1.807) is 0 Å². The molecule has 12 atom stereocenters. The first-order valence-corrected chi connectivity index (χ1v) is 21.2. The Hall–Kier alpha value is -2.18. The maximum absolute atomic E-state index is 13.6. The summed E-state index contributed by atoms with van der Waals surface area (Å²) in [7, 11) is 0. The van der Waals surface area contributed by atoms with E-state index in [1.165, 1.54) is 12.5 Å². The number of fused-ring (bicyclic) bond motifs is 3. The van der Waals surface area contributed by atoms with Crippen molar-refractivity contribution < 1.29 is 38.5 Å². The first-order chi connectivity index (χ1) is 24.8. The number of amides is 2. The van der Waals surface area contributed by atoms with Crippen LogP contribution in [0, 0.1) is 56.7 Å². The van der Waals surface area contributed by atoms with Gasteiger partial charge in [-0.1, -0.05) is 76.0 Å². The van der Waals surface area contributed by atoms with Crippen LogP contribution in [-0.2, 0) is 28.6 Å². The second kappa shape index (κ2) is 15.8. The number of allylic oxidation sites excluding steroid dienone is 1. The molecule has 0 aromatic heterocycles. The SMILES string of the molecule is CC(=O)O[C@@H]1C[C@]23COC[C@](C)([C@@H]2CC[C@H]2C3=CC[C@@]3(C)[C@H](C(=O)O)[C@@](C)([C@H](C)C(C)C)CC[C@]23C)[C@H]1OC(=O)C(N)CCCCNC(=O)NCCBr. The molecular weight excluding hydrogens is 742 g/mol. The third kappa shape index (κ3) is 7.20. The lowest BCUT2D eigenvalue weighted by atomic mass is 9.34. The van der Waals surface area contributed by atoms with Crippen LogP contribution in [0.2, 0.25) is 0 Å². The third-order valence-electron chi connectivity index (χ3n) is 15.5. The van der Waals surface area contributed by atoms with Gasteiger partial charge in [0.2, 0.25) is 0 Å². The molecule has 1 unspecified atom stereocenters. The van der Waals surface area contributed by atoms with E-state index in [4.69, 9.17) is 19.9 Å². The minimum atomic E-state index is -0.859. The van der Waals surface area contributed by atoms with E-state index < -0.39 is 58.3 Å². The van der Waals surface area contributed by atoms with Crippen molar-refractivity contribution in [1.29, 1.82) is 0 Å². The second-order valence-electron chi connectivity index (χ2n) is 18.5. The molecule has 5 aliphatic rings. The van der Waals surface area contributed by atoms with Gasteiger partial charge >= 0.3 is 23.9 Å². The number of carbonyl (C=O) groups is 4. The van der Waals surface area contributed by atoms with Gasteiger partial charge in [-0.15, -0.1) is 0 Å². The summed E-state index contributed by atoms with van der Waals surface area (Å²) in [4.78, 5) is 51.5. The quantitative estimate of drug-likeness (QED) is 0.0694. The van der Waals surface area contributed by atoms with Crippen LogP contribution in [0.25, 0.3) is 0 Å². The van der Waals surface area contributed by atoms with E-state index in [-0.39, 0.29) is 34.6 Å². The molecule has 5 N–H and O–H groups in total. The molecule has 0 spiro atoms.